The van der Waals surface area contributed by atoms with Crippen LogP contribution in [0.25, 0.3) is 11.2 Å². The third-order valence-electron chi connectivity index (χ3n) is 11.8. The van der Waals surface area contributed by atoms with Crippen molar-refractivity contribution in [3.63, 3.8) is 0 Å². The smallest absolute Gasteiger partial charge is 0.386 e. The minimum Gasteiger partial charge on any atom is -0.386 e. The molecule has 0 bridgehead atoms. The quantitative estimate of drug-likeness (QED) is 0.0213. The second-order valence-corrected chi connectivity index (χ2v) is 24.6. The number of ether oxygens (including phenoxy) is 1. The molecule has 7 atom stereocenters. The summed E-state index contributed by atoms with van der Waals surface area (Å²) in [6.07, 6.45) is 13.0. The number of amides is 2. The maximum atomic E-state index is 12.8. The number of nitrogens with zero attached hydrogens (tertiary/aromatic N) is 4. The molecule has 10 N–H and O–H groups in total. The molecule has 3 rings (SSSR count). The number of Topliss-reactive ketones (excluding diaryl/α,β-unsaturated/α-hetero) is 1. The van der Waals surface area contributed by atoms with Gasteiger partial charge in [0.15, 0.2) is 22.8 Å². The summed E-state index contributed by atoms with van der Waals surface area (Å²) in [6, 6.07) is 0. The highest BCUT2D eigenvalue weighted by Crippen LogP contribution is 2.61. The monoisotopic (exact) mass is 1120 g/mol. The van der Waals surface area contributed by atoms with Crippen molar-refractivity contribution in [3.8, 4) is 0 Å². The third kappa shape index (κ3) is 25.3. The fraction of sp³-hybridized carbons (Fsp3) is 0.795. The van der Waals surface area contributed by atoms with Crippen LogP contribution in [-0.4, -0.2) is 128 Å². The van der Waals surface area contributed by atoms with Crippen LogP contribution in [0, 0.1) is 11.3 Å². The normalized spacial score (nSPS) is 19.4. The minimum absolute atomic E-state index is 0.0268. The van der Waals surface area contributed by atoms with Crippen molar-refractivity contribution in [2.24, 2.45) is 11.3 Å². The summed E-state index contributed by atoms with van der Waals surface area (Å²) in [7, 11) is -16.5. The van der Waals surface area contributed by atoms with Crippen LogP contribution in [-0.2, 0) is 55.5 Å². The molecule has 0 aliphatic carbocycles. The predicted octanol–water partition coefficient (Wildman–Crippen LogP) is 5.91. The molecule has 0 radical (unpaired) electrons. The van der Waals surface area contributed by atoms with Crippen molar-refractivity contribution in [1.29, 1.82) is 0 Å². The number of thioether (sulfide) groups is 1. The lowest BCUT2D eigenvalue weighted by Crippen LogP contribution is -2.46. The van der Waals surface area contributed by atoms with Crippen molar-refractivity contribution < 1.29 is 85.3 Å². The van der Waals surface area contributed by atoms with Gasteiger partial charge in [0.25, 0.3) is 0 Å². The number of aliphatic hydroxyl groups excluding tert-OH is 2. The lowest BCUT2D eigenvalue weighted by atomic mass is 9.87. The summed E-state index contributed by atoms with van der Waals surface area (Å²) in [6.45, 7) is 4.92. The number of unbranched alkanes of at least 4 members (excludes halogenated alkanes) is 14. The molecule has 2 aromatic rings. The second kappa shape index (κ2) is 32.1. The molecule has 1 fully saturated rings. The number of nitrogens with two attached hydrogens (primary N) is 1. The van der Waals surface area contributed by atoms with Crippen LogP contribution >= 0.6 is 35.2 Å². The molecule has 0 spiro atoms. The van der Waals surface area contributed by atoms with E-state index in [9.17, 15) is 62.7 Å². The highest BCUT2D eigenvalue weighted by molar-refractivity contribution is 8.13. The first-order valence-corrected chi connectivity index (χ1v) is 30.4. The molecule has 1 saturated heterocycles. The number of ketones is 1. The van der Waals surface area contributed by atoms with Crippen molar-refractivity contribution in [1.82, 2.24) is 30.2 Å². The van der Waals surface area contributed by atoms with Gasteiger partial charge in [-0.15, -0.1) is 0 Å². The first-order valence-electron chi connectivity index (χ1n) is 24.9. The molecule has 0 aromatic carbocycles. The maximum absolute atomic E-state index is 12.8. The number of phosphoric ester groups is 3. The van der Waals surface area contributed by atoms with Gasteiger partial charge in [-0.25, -0.2) is 28.6 Å². The van der Waals surface area contributed by atoms with E-state index >= 15 is 0 Å². The van der Waals surface area contributed by atoms with Gasteiger partial charge < -0.3 is 50.9 Å². The number of fused-ring (bicyclic) bond motifs is 1. The number of hydrogen-bond acceptors (Lipinski definition) is 19. The Kier molecular flexibility index (Phi) is 28.4. The van der Waals surface area contributed by atoms with Crippen LogP contribution in [0.5, 0.6) is 0 Å². The van der Waals surface area contributed by atoms with Crippen molar-refractivity contribution in [2.45, 2.75) is 180 Å². The first-order chi connectivity index (χ1) is 34.3. The fourth-order valence-corrected chi connectivity index (χ4v) is 11.3. The number of nitrogen functional groups attached to an aromatic ring is 1. The number of nitrogens with one attached hydrogen (secondary N) is 2. The molecule has 25 nitrogen and oxygen atoms in total. The summed E-state index contributed by atoms with van der Waals surface area (Å²) in [4.78, 5) is 101. The van der Waals surface area contributed by atoms with Crippen LogP contribution in [0.3, 0.4) is 0 Å². The van der Waals surface area contributed by atoms with Crippen LogP contribution in [0.4, 0.5) is 5.82 Å². The molecule has 73 heavy (non-hydrogen) atoms. The van der Waals surface area contributed by atoms with Gasteiger partial charge in [0, 0.05) is 37.1 Å². The highest BCUT2D eigenvalue weighted by atomic mass is 32.2. The van der Waals surface area contributed by atoms with E-state index in [2.05, 4.69) is 48.3 Å². The number of aliphatic hydroxyl groups is 2. The summed E-state index contributed by atoms with van der Waals surface area (Å²) in [5.41, 5.74) is 4.25. The molecule has 1 aliphatic rings. The van der Waals surface area contributed by atoms with E-state index in [1.165, 1.54) is 90.9 Å². The Labute approximate surface area is 431 Å². The number of carbonyl (C=O) groups excluding carboxylic acids is 4. The van der Waals surface area contributed by atoms with Crippen molar-refractivity contribution in [2.75, 3.05) is 37.8 Å². The Morgan fingerprint density at radius 1 is 0.822 bits per heavy atom. The number of rotatable bonds is 39. The topological polar surface area (TPSA) is 381 Å². The lowest BCUT2D eigenvalue weighted by molar-refractivity contribution is -0.137. The summed E-state index contributed by atoms with van der Waals surface area (Å²) in [5.74, 6) is -0.574. The zero-order chi connectivity index (χ0) is 54.2. The standard InChI is InChI=1S/C44H78N7O18P3S/c1-31(2)20-18-16-14-12-10-8-6-5-7-9-11-13-15-17-19-21-32(52)26-35(54)73-25-24-46-34(53)22-23-47-42(57)39(56)44(3,4)28-66-72(63,64)69-71(61,62)65-27-33-38(68-70(58,59)60)37(55)43(67-33)51-30-50-36-40(45)48-29-49-41(36)51/h29-31,33,37-39,43,55-56H,5-28H2,1-4H3,(H,46,53)(H,47,57)(H,61,62)(H,63,64)(H2,45,48,49)(H2,58,59,60)/t33-,37-,38-,39+,43-/m0/s1. The molecule has 2 aromatic heterocycles. The summed E-state index contributed by atoms with van der Waals surface area (Å²) in [5, 5.41) is 26.3. The average molecular weight is 1120 g/mol. The van der Waals surface area contributed by atoms with E-state index in [1.54, 1.807) is 0 Å². The Hall–Kier alpha value is -2.77. The molecular weight excluding hydrogens is 1040 g/mol. The van der Waals surface area contributed by atoms with E-state index < -0.39 is 84.6 Å². The summed E-state index contributed by atoms with van der Waals surface area (Å²) >= 11 is 0.943. The number of hydrogen-bond donors (Lipinski definition) is 9. The molecule has 418 valence electrons. The molecule has 29 heteroatoms. The van der Waals surface area contributed by atoms with Crippen LogP contribution in [0.1, 0.15) is 156 Å². The fourth-order valence-electron chi connectivity index (χ4n) is 7.77. The van der Waals surface area contributed by atoms with Crippen LogP contribution < -0.4 is 16.4 Å². The van der Waals surface area contributed by atoms with Gasteiger partial charge in [0.1, 0.15) is 42.0 Å². The highest BCUT2D eigenvalue weighted by Gasteiger charge is 2.50. The van der Waals surface area contributed by atoms with E-state index in [0.717, 1.165) is 60.6 Å². The Balaban J connectivity index is 1.25. The largest absolute Gasteiger partial charge is 0.481 e. The average Bonchev–Trinajstić information content (AvgIpc) is 3.86. The van der Waals surface area contributed by atoms with Gasteiger partial charge in [-0.05, 0) is 12.3 Å². The summed E-state index contributed by atoms with van der Waals surface area (Å²) < 4.78 is 62.5. The lowest BCUT2D eigenvalue weighted by Gasteiger charge is -2.30. The Morgan fingerprint density at radius 2 is 1.40 bits per heavy atom. The molecule has 3 heterocycles. The maximum Gasteiger partial charge on any atom is 0.481 e. The van der Waals surface area contributed by atoms with E-state index in [1.807, 2.05) is 0 Å². The van der Waals surface area contributed by atoms with Gasteiger partial charge >= 0.3 is 23.5 Å². The van der Waals surface area contributed by atoms with Crippen molar-refractivity contribution in [3.05, 3.63) is 12.7 Å². The Morgan fingerprint density at radius 3 is 1.99 bits per heavy atom. The van der Waals surface area contributed by atoms with Gasteiger partial charge in [0.05, 0.1) is 26.0 Å². The van der Waals surface area contributed by atoms with Gasteiger partial charge in [-0.1, -0.05) is 136 Å². The number of carbonyl (C=O) groups is 4. The number of anilines is 1. The Bertz CT molecular complexity index is 2190. The number of imidazole rings is 1. The predicted molar refractivity (Wildman–Crippen MR) is 270 cm³/mol. The van der Waals surface area contributed by atoms with Gasteiger partial charge in [-0.2, -0.15) is 4.31 Å². The minimum atomic E-state index is -5.59. The van der Waals surface area contributed by atoms with E-state index in [0.29, 0.717) is 6.42 Å². The SMILES string of the molecule is CC(C)CCCCCCCCCCCCCCCCCC(=O)CC(=O)SCCNC(=O)CCNC(=O)[C@@H](O)C(C)(C)COP(=O)(O)OP(=O)(O)OC[C@@H]1O[C@H](n2cnc3c(N)ncnc32)[C@@H](O)[C@H]1OP(=O)(O)O. The molecule has 1 aliphatic heterocycles. The zero-order valence-corrected chi connectivity index (χ0v) is 45.8. The zero-order valence-electron chi connectivity index (χ0n) is 42.3. The first kappa shape index (κ1) is 64.5. The number of phosphoric acid groups is 3. The van der Waals surface area contributed by atoms with E-state index in [-0.39, 0.29) is 59.6 Å². The second-order valence-electron chi connectivity index (χ2n) is 19.2. The van der Waals surface area contributed by atoms with Gasteiger partial charge in [-0.3, -0.25) is 37.3 Å². The molecule has 0 saturated carbocycles. The van der Waals surface area contributed by atoms with Crippen LogP contribution in [0.2, 0.25) is 0 Å². The van der Waals surface area contributed by atoms with Gasteiger partial charge in [0.2, 0.25) is 11.8 Å². The molecule has 2 amide bonds. The molecular formula is C44H78N7O18P3S. The third-order valence-corrected chi connectivity index (χ3v) is 15.8. The molecule has 2 unspecified atom stereocenters. The number of aromatic nitrogens is 4. The van der Waals surface area contributed by atoms with Crippen LogP contribution in [0.15, 0.2) is 12.7 Å². The van der Waals surface area contributed by atoms with Crippen molar-refractivity contribution >= 4 is 74.9 Å². The van der Waals surface area contributed by atoms with E-state index in [4.69, 9.17) is 19.5 Å².